The first-order valence-corrected chi connectivity index (χ1v) is 8.08. The van der Waals surface area contributed by atoms with Gasteiger partial charge in [0.1, 0.15) is 0 Å². The Labute approximate surface area is 149 Å². The molecule has 0 aliphatic rings. The van der Waals surface area contributed by atoms with Gasteiger partial charge in [0.15, 0.2) is 11.5 Å². The fourth-order valence-corrected chi connectivity index (χ4v) is 2.68. The third kappa shape index (κ3) is 3.10. The molecule has 3 aromatic heterocycles. The second-order valence-electron chi connectivity index (χ2n) is 5.79. The highest BCUT2D eigenvalue weighted by Gasteiger charge is 2.15. The van der Waals surface area contributed by atoms with Crippen molar-refractivity contribution in [3.8, 4) is 11.3 Å². The summed E-state index contributed by atoms with van der Waals surface area (Å²) in [5.41, 5.74) is 9.18. The smallest absolute Gasteiger partial charge is 0.203 e. The van der Waals surface area contributed by atoms with E-state index in [4.69, 9.17) is 5.73 Å². The highest BCUT2D eigenvalue weighted by molar-refractivity contribution is 6.01. The molecule has 0 bridgehead atoms. The number of hydrogen-bond acceptors (Lipinski definition) is 6. The van der Waals surface area contributed by atoms with Crippen LogP contribution in [0, 0.1) is 0 Å². The maximum absolute atomic E-state index is 12.6. The molecule has 26 heavy (non-hydrogen) atoms. The molecule has 0 unspecified atom stereocenters. The number of nitrogens with zero attached hydrogens (tertiary/aromatic N) is 3. The summed E-state index contributed by atoms with van der Waals surface area (Å²) < 4.78 is 0. The average molecular weight is 344 g/mol. The van der Waals surface area contributed by atoms with E-state index >= 15 is 0 Å². The first-order valence-electron chi connectivity index (χ1n) is 8.08. The van der Waals surface area contributed by atoms with Gasteiger partial charge in [0.25, 0.3) is 0 Å². The minimum Gasteiger partial charge on any atom is -0.382 e. The standard InChI is InChI=1S/C19H16N6O/c20-19-18(25-16(10-24-19)13-2-1-6-21-9-13)17(26)11-23-14-4-3-12-5-7-22-15(12)8-14/h1-10,22-23H,11H2,(H2,20,24). The first kappa shape index (κ1) is 15.8. The van der Waals surface area contributed by atoms with Gasteiger partial charge in [0.05, 0.1) is 18.4 Å². The zero-order chi connectivity index (χ0) is 17.9. The van der Waals surface area contributed by atoms with Crippen molar-refractivity contribution in [2.24, 2.45) is 0 Å². The van der Waals surface area contributed by atoms with Crippen LogP contribution in [0.5, 0.6) is 0 Å². The van der Waals surface area contributed by atoms with Crippen molar-refractivity contribution in [1.29, 1.82) is 0 Å². The topological polar surface area (TPSA) is 110 Å². The van der Waals surface area contributed by atoms with Crippen molar-refractivity contribution in [3.05, 3.63) is 66.9 Å². The van der Waals surface area contributed by atoms with Crippen LogP contribution in [0.1, 0.15) is 10.5 Å². The number of rotatable bonds is 5. The van der Waals surface area contributed by atoms with Crippen LogP contribution in [-0.2, 0) is 0 Å². The molecule has 0 aliphatic heterocycles. The van der Waals surface area contributed by atoms with E-state index in [2.05, 4.69) is 25.3 Å². The molecule has 4 N–H and O–H groups in total. The number of nitrogen functional groups attached to an aromatic ring is 1. The van der Waals surface area contributed by atoms with E-state index in [0.29, 0.717) is 5.69 Å². The largest absolute Gasteiger partial charge is 0.382 e. The molecule has 0 spiro atoms. The lowest BCUT2D eigenvalue weighted by Crippen LogP contribution is -2.18. The maximum Gasteiger partial charge on any atom is 0.203 e. The highest BCUT2D eigenvalue weighted by atomic mass is 16.1. The van der Waals surface area contributed by atoms with Crippen molar-refractivity contribution in [1.82, 2.24) is 19.9 Å². The van der Waals surface area contributed by atoms with Crippen LogP contribution < -0.4 is 11.1 Å². The molecule has 7 nitrogen and oxygen atoms in total. The molecule has 3 heterocycles. The number of carbonyl (C=O) groups is 1. The van der Waals surface area contributed by atoms with Crippen molar-refractivity contribution < 1.29 is 4.79 Å². The predicted molar refractivity (Wildman–Crippen MR) is 101 cm³/mol. The highest BCUT2D eigenvalue weighted by Crippen LogP contribution is 2.19. The van der Waals surface area contributed by atoms with Crippen LogP contribution >= 0.6 is 0 Å². The van der Waals surface area contributed by atoms with Gasteiger partial charge in [-0.2, -0.15) is 0 Å². The van der Waals surface area contributed by atoms with Gasteiger partial charge in [-0.3, -0.25) is 9.78 Å². The lowest BCUT2D eigenvalue weighted by Gasteiger charge is -2.08. The summed E-state index contributed by atoms with van der Waals surface area (Å²) in [7, 11) is 0. The van der Waals surface area contributed by atoms with Crippen molar-refractivity contribution >= 4 is 28.2 Å². The third-order valence-corrected chi connectivity index (χ3v) is 4.03. The molecular weight excluding hydrogens is 328 g/mol. The third-order valence-electron chi connectivity index (χ3n) is 4.03. The van der Waals surface area contributed by atoms with E-state index in [-0.39, 0.29) is 23.8 Å². The number of ketones is 1. The van der Waals surface area contributed by atoms with Crippen LogP contribution in [0.3, 0.4) is 0 Å². The average Bonchev–Trinajstić information content (AvgIpc) is 3.15. The van der Waals surface area contributed by atoms with E-state index in [0.717, 1.165) is 22.2 Å². The van der Waals surface area contributed by atoms with Crippen LogP contribution in [0.2, 0.25) is 0 Å². The van der Waals surface area contributed by atoms with Gasteiger partial charge in [-0.1, -0.05) is 6.07 Å². The minimum absolute atomic E-state index is 0.0710. The lowest BCUT2D eigenvalue weighted by molar-refractivity contribution is 0.100. The molecule has 0 amide bonds. The van der Waals surface area contributed by atoms with E-state index < -0.39 is 0 Å². The van der Waals surface area contributed by atoms with Crippen molar-refractivity contribution in [2.45, 2.75) is 0 Å². The van der Waals surface area contributed by atoms with Crippen LogP contribution in [0.15, 0.2) is 61.2 Å². The second-order valence-corrected chi connectivity index (χ2v) is 5.79. The predicted octanol–water partition coefficient (Wildman–Crippen LogP) is 2.90. The number of aromatic amines is 1. The summed E-state index contributed by atoms with van der Waals surface area (Å²) in [6, 6.07) is 11.5. The Bertz CT molecular complexity index is 1070. The number of fused-ring (bicyclic) bond motifs is 1. The van der Waals surface area contributed by atoms with Gasteiger partial charge >= 0.3 is 0 Å². The number of aromatic nitrogens is 4. The minimum atomic E-state index is -0.229. The van der Waals surface area contributed by atoms with Gasteiger partial charge < -0.3 is 16.0 Å². The summed E-state index contributed by atoms with van der Waals surface area (Å²) in [5.74, 6) is -0.114. The number of nitrogens with one attached hydrogen (secondary N) is 2. The van der Waals surface area contributed by atoms with E-state index in [1.807, 2.05) is 36.5 Å². The summed E-state index contributed by atoms with van der Waals surface area (Å²) in [6.45, 7) is 0.0710. The Kier molecular flexibility index (Phi) is 4.03. The Morgan fingerprint density at radius 1 is 1.19 bits per heavy atom. The zero-order valence-electron chi connectivity index (χ0n) is 13.8. The number of carbonyl (C=O) groups excluding carboxylic acids is 1. The maximum atomic E-state index is 12.6. The van der Waals surface area contributed by atoms with Gasteiger partial charge in [-0.25, -0.2) is 9.97 Å². The van der Waals surface area contributed by atoms with Gasteiger partial charge in [-0.15, -0.1) is 0 Å². The van der Waals surface area contributed by atoms with Crippen LogP contribution in [0.25, 0.3) is 22.2 Å². The molecule has 0 aliphatic carbocycles. The first-order chi connectivity index (χ1) is 12.7. The molecular formula is C19H16N6O. The normalized spacial score (nSPS) is 10.8. The summed E-state index contributed by atoms with van der Waals surface area (Å²) in [4.78, 5) is 28.2. The molecule has 128 valence electrons. The molecule has 0 saturated carbocycles. The van der Waals surface area contributed by atoms with Gasteiger partial charge in [-0.05, 0) is 35.7 Å². The Morgan fingerprint density at radius 3 is 2.96 bits per heavy atom. The van der Waals surface area contributed by atoms with Gasteiger partial charge in [0.2, 0.25) is 5.78 Å². The molecule has 1 aromatic carbocycles. The number of H-pyrrole nitrogens is 1. The molecule has 0 saturated heterocycles. The summed E-state index contributed by atoms with van der Waals surface area (Å²) in [5, 5.41) is 4.22. The molecule has 0 fully saturated rings. The molecule has 4 rings (SSSR count). The second kappa shape index (κ2) is 6.64. The number of benzene rings is 1. The zero-order valence-corrected chi connectivity index (χ0v) is 13.8. The van der Waals surface area contributed by atoms with E-state index in [9.17, 15) is 4.79 Å². The van der Waals surface area contributed by atoms with Crippen LogP contribution in [-0.4, -0.2) is 32.3 Å². The number of pyridine rings is 1. The monoisotopic (exact) mass is 344 g/mol. The fraction of sp³-hybridized carbons (Fsp3) is 0.0526. The number of anilines is 2. The number of nitrogens with two attached hydrogens (primary N) is 1. The summed E-state index contributed by atoms with van der Waals surface area (Å²) in [6.07, 6.45) is 6.75. The quantitative estimate of drug-likeness (QED) is 0.480. The molecule has 0 radical (unpaired) electrons. The molecule has 7 heteroatoms. The van der Waals surface area contributed by atoms with E-state index in [1.165, 1.54) is 6.20 Å². The Hall–Kier alpha value is -3.74. The van der Waals surface area contributed by atoms with Crippen molar-refractivity contribution in [2.75, 3.05) is 17.6 Å². The number of hydrogen-bond donors (Lipinski definition) is 3. The summed E-state index contributed by atoms with van der Waals surface area (Å²) >= 11 is 0. The Morgan fingerprint density at radius 2 is 2.12 bits per heavy atom. The molecule has 4 aromatic rings. The van der Waals surface area contributed by atoms with Crippen LogP contribution in [0.4, 0.5) is 11.5 Å². The number of Topliss-reactive ketones (excluding diaryl/α,β-unsaturated/α-hetero) is 1. The fourth-order valence-electron chi connectivity index (χ4n) is 2.68. The lowest BCUT2D eigenvalue weighted by atomic mass is 10.2. The van der Waals surface area contributed by atoms with E-state index in [1.54, 1.807) is 18.5 Å². The van der Waals surface area contributed by atoms with Crippen molar-refractivity contribution in [3.63, 3.8) is 0 Å². The molecule has 0 atom stereocenters. The SMILES string of the molecule is Nc1ncc(-c2cccnc2)nc1C(=O)CNc1ccc2cc[nH]c2c1. The Balaban J connectivity index is 1.53. The van der Waals surface area contributed by atoms with Gasteiger partial charge in [0, 0.05) is 35.4 Å².